The first-order valence-electron chi connectivity index (χ1n) is 3.49. The van der Waals surface area contributed by atoms with E-state index < -0.39 is 17.9 Å². The average Bonchev–Trinajstić information content (AvgIpc) is 2.08. The van der Waals surface area contributed by atoms with Gasteiger partial charge in [-0.1, -0.05) is 0 Å². The molecule has 1 heterocycles. The van der Waals surface area contributed by atoms with Gasteiger partial charge in [0.25, 0.3) is 6.43 Å². The summed E-state index contributed by atoms with van der Waals surface area (Å²) in [5, 5.41) is 0. The Balaban J connectivity index is 3.27. The van der Waals surface area contributed by atoms with Gasteiger partial charge in [0.05, 0.1) is 11.4 Å². The fourth-order valence-corrected chi connectivity index (χ4v) is 0.930. The molecule has 0 unspecified atom stereocenters. The second kappa shape index (κ2) is 3.61. The Hall–Kier alpha value is -1.30. The Morgan fingerprint density at radius 3 is 2.54 bits per heavy atom. The maximum Gasteiger partial charge on any atom is 0.266 e. The lowest BCUT2D eigenvalue weighted by Crippen LogP contribution is -2.09. The van der Waals surface area contributed by atoms with Crippen molar-refractivity contribution < 1.29 is 13.2 Å². The van der Waals surface area contributed by atoms with Crippen LogP contribution in [0, 0.1) is 5.95 Å². The number of anilines is 1. The van der Waals surface area contributed by atoms with E-state index in [1.165, 1.54) is 0 Å². The molecule has 1 rings (SSSR count). The summed E-state index contributed by atoms with van der Waals surface area (Å²) in [6.07, 6.45) is -2.82. The zero-order valence-electron chi connectivity index (χ0n) is 6.60. The van der Waals surface area contributed by atoms with Gasteiger partial charge < -0.3 is 11.5 Å². The molecule has 0 atom stereocenters. The summed E-state index contributed by atoms with van der Waals surface area (Å²) in [6, 6.07) is 0.610. The van der Waals surface area contributed by atoms with Crippen LogP contribution in [-0.2, 0) is 6.54 Å². The average molecular weight is 191 g/mol. The number of alkyl halides is 2. The van der Waals surface area contributed by atoms with Gasteiger partial charge in [0, 0.05) is 18.2 Å². The molecule has 1 aromatic heterocycles. The molecule has 0 amide bonds. The number of aromatic nitrogens is 1. The van der Waals surface area contributed by atoms with Crippen LogP contribution in [0.3, 0.4) is 0 Å². The number of nitrogens with two attached hydrogens (primary N) is 2. The van der Waals surface area contributed by atoms with Crippen molar-refractivity contribution in [2.24, 2.45) is 5.73 Å². The van der Waals surface area contributed by atoms with Gasteiger partial charge in [-0.05, 0) is 0 Å². The topological polar surface area (TPSA) is 64.9 Å². The van der Waals surface area contributed by atoms with Crippen molar-refractivity contribution in [3.05, 3.63) is 23.3 Å². The van der Waals surface area contributed by atoms with E-state index in [0.717, 1.165) is 0 Å². The molecule has 3 nitrogen and oxygen atoms in total. The Morgan fingerprint density at radius 1 is 1.46 bits per heavy atom. The molecule has 6 heteroatoms. The first-order valence-corrected chi connectivity index (χ1v) is 3.49. The third-order valence-electron chi connectivity index (χ3n) is 1.57. The Labute approximate surface area is 72.6 Å². The molecular weight excluding hydrogens is 183 g/mol. The van der Waals surface area contributed by atoms with Gasteiger partial charge in [-0.15, -0.1) is 0 Å². The number of pyridine rings is 1. The minimum absolute atomic E-state index is 0.0460. The van der Waals surface area contributed by atoms with Crippen LogP contribution < -0.4 is 11.5 Å². The molecule has 0 aliphatic rings. The first kappa shape index (κ1) is 9.79. The van der Waals surface area contributed by atoms with Gasteiger partial charge in [0.2, 0.25) is 5.95 Å². The highest BCUT2D eigenvalue weighted by atomic mass is 19.3. The minimum atomic E-state index is -2.82. The smallest absolute Gasteiger partial charge is 0.266 e. The summed E-state index contributed by atoms with van der Waals surface area (Å²) in [5.74, 6) is -0.995. The number of nitrogens with zero attached hydrogens (tertiary/aromatic N) is 1. The molecule has 0 aromatic carbocycles. The van der Waals surface area contributed by atoms with Crippen molar-refractivity contribution in [1.82, 2.24) is 4.98 Å². The maximum atomic E-state index is 12.6. The van der Waals surface area contributed by atoms with Crippen LogP contribution in [0.4, 0.5) is 18.9 Å². The molecule has 0 saturated carbocycles. The Morgan fingerprint density at radius 2 is 2.08 bits per heavy atom. The van der Waals surface area contributed by atoms with Gasteiger partial charge in [-0.3, -0.25) is 0 Å². The molecule has 0 aliphatic heterocycles. The summed E-state index contributed by atoms with van der Waals surface area (Å²) < 4.78 is 37.0. The van der Waals surface area contributed by atoms with Gasteiger partial charge in [0.15, 0.2) is 0 Å². The number of hydrogen-bond donors (Lipinski definition) is 2. The molecule has 0 bridgehead atoms. The largest absolute Gasteiger partial charge is 0.397 e. The van der Waals surface area contributed by atoms with Crippen LogP contribution in [0.2, 0.25) is 0 Å². The predicted molar refractivity (Wildman–Crippen MR) is 41.5 cm³/mol. The van der Waals surface area contributed by atoms with E-state index in [2.05, 4.69) is 4.98 Å². The van der Waals surface area contributed by atoms with Crippen LogP contribution in [0.1, 0.15) is 17.7 Å². The van der Waals surface area contributed by atoms with E-state index in [9.17, 15) is 13.2 Å². The van der Waals surface area contributed by atoms with Gasteiger partial charge in [-0.25, -0.2) is 13.8 Å². The lowest BCUT2D eigenvalue weighted by Gasteiger charge is -2.07. The highest BCUT2D eigenvalue weighted by molar-refractivity contribution is 5.51. The van der Waals surface area contributed by atoms with Gasteiger partial charge >= 0.3 is 0 Å². The molecule has 0 saturated heterocycles. The first-order chi connectivity index (χ1) is 6.06. The molecule has 0 aliphatic carbocycles. The summed E-state index contributed by atoms with van der Waals surface area (Å²) in [6.45, 7) is -0.163. The number of rotatable bonds is 2. The molecule has 4 N–H and O–H groups in total. The normalized spacial score (nSPS) is 10.8. The SMILES string of the molecule is NCc1nc(F)cc(C(F)F)c1N. The Bertz CT molecular complexity index is 314. The van der Waals surface area contributed by atoms with Crippen molar-refractivity contribution in [3.63, 3.8) is 0 Å². The minimum Gasteiger partial charge on any atom is -0.397 e. The highest BCUT2D eigenvalue weighted by Gasteiger charge is 2.16. The lowest BCUT2D eigenvalue weighted by molar-refractivity contribution is 0.151. The van der Waals surface area contributed by atoms with Crippen molar-refractivity contribution in [2.75, 3.05) is 5.73 Å². The van der Waals surface area contributed by atoms with Crippen molar-refractivity contribution in [1.29, 1.82) is 0 Å². The van der Waals surface area contributed by atoms with E-state index >= 15 is 0 Å². The zero-order valence-corrected chi connectivity index (χ0v) is 6.60. The molecule has 0 radical (unpaired) electrons. The van der Waals surface area contributed by atoms with Crippen LogP contribution in [0.15, 0.2) is 6.07 Å². The number of halogens is 3. The second-order valence-corrected chi connectivity index (χ2v) is 2.40. The maximum absolute atomic E-state index is 12.6. The molecule has 13 heavy (non-hydrogen) atoms. The van der Waals surface area contributed by atoms with Gasteiger partial charge in [-0.2, -0.15) is 4.39 Å². The summed E-state index contributed by atoms with van der Waals surface area (Å²) in [7, 11) is 0. The van der Waals surface area contributed by atoms with Crippen LogP contribution >= 0.6 is 0 Å². The lowest BCUT2D eigenvalue weighted by atomic mass is 10.2. The van der Waals surface area contributed by atoms with Crippen molar-refractivity contribution in [3.8, 4) is 0 Å². The van der Waals surface area contributed by atoms with Crippen LogP contribution in [0.5, 0.6) is 0 Å². The van der Waals surface area contributed by atoms with Gasteiger partial charge in [0.1, 0.15) is 0 Å². The fraction of sp³-hybridized carbons (Fsp3) is 0.286. The quantitative estimate of drug-likeness (QED) is 0.690. The molecule has 0 fully saturated rings. The number of nitrogen functional groups attached to an aromatic ring is 1. The monoisotopic (exact) mass is 191 g/mol. The summed E-state index contributed by atoms with van der Waals surface area (Å²) in [5.41, 5.74) is 9.56. The third kappa shape index (κ3) is 1.89. The molecule has 1 aromatic rings. The highest BCUT2D eigenvalue weighted by Crippen LogP contribution is 2.26. The van der Waals surface area contributed by atoms with Crippen molar-refractivity contribution >= 4 is 5.69 Å². The molecule has 72 valence electrons. The second-order valence-electron chi connectivity index (χ2n) is 2.40. The van der Waals surface area contributed by atoms with Crippen molar-refractivity contribution in [2.45, 2.75) is 13.0 Å². The summed E-state index contributed by atoms with van der Waals surface area (Å²) >= 11 is 0. The summed E-state index contributed by atoms with van der Waals surface area (Å²) in [4.78, 5) is 3.28. The van der Waals surface area contributed by atoms with E-state index in [-0.39, 0.29) is 17.9 Å². The predicted octanol–water partition coefficient (Wildman–Crippen LogP) is 1.20. The molecule has 0 spiro atoms. The zero-order chi connectivity index (χ0) is 10.0. The van der Waals surface area contributed by atoms with E-state index in [4.69, 9.17) is 11.5 Å². The third-order valence-corrected chi connectivity index (χ3v) is 1.57. The molecular formula is C7H8F3N3. The fourth-order valence-electron chi connectivity index (χ4n) is 0.930. The standard InChI is InChI=1S/C7H8F3N3/c8-5-1-3(7(9)10)6(12)4(2-11)13-5/h1,7H,2,11-12H2. The van der Waals surface area contributed by atoms with E-state index in [1.54, 1.807) is 0 Å². The van der Waals surface area contributed by atoms with E-state index in [1.807, 2.05) is 0 Å². The van der Waals surface area contributed by atoms with E-state index in [0.29, 0.717) is 6.07 Å². The Kier molecular flexibility index (Phi) is 2.72. The van der Waals surface area contributed by atoms with Crippen LogP contribution in [0.25, 0.3) is 0 Å². The van der Waals surface area contributed by atoms with Crippen LogP contribution in [-0.4, -0.2) is 4.98 Å². The number of hydrogen-bond acceptors (Lipinski definition) is 3.